The van der Waals surface area contributed by atoms with Crippen LogP contribution in [0.2, 0.25) is 0 Å². The number of ether oxygens (including phenoxy) is 2. The maximum Gasteiger partial charge on any atom is 0.189 e. The van der Waals surface area contributed by atoms with E-state index in [9.17, 15) is 0 Å². The van der Waals surface area contributed by atoms with Gasteiger partial charge in [0, 0.05) is 0 Å². The molecular formula is C6H12O6. The van der Waals surface area contributed by atoms with Gasteiger partial charge in [0.25, 0.3) is 0 Å². The second-order valence-electron chi connectivity index (χ2n) is 2.50. The van der Waals surface area contributed by atoms with E-state index in [-0.39, 0.29) is 0 Å². The summed E-state index contributed by atoms with van der Waals surface area (Å²) >= 11 is 0. The van der Waals surface area contributed by atoms with Gasteiger partial charge in [-0.05, 0) is 0 Å². The van der Waals surface area contributed by atoms with E-state index in [1.165, 1.54) is 0 Å². The molecule has 0 aromatic heterocycles. The third-order valence-electron chi connectivity index (χ3n) is 1.58. The molecule has 0 aromatic carbocycles. The number of rotatable bonds is 3. The van der Waals surface area contributed by atoms with E-state index in [2.05, 4.69) is 4.74 Å². The third kappa shape index (κ3) is 1.92. The monoisotopic (exact) mass is 180 g/mol. The molecule has 12 heavy (non-hydrogen) atoms. The van der Waals surface area contributed by atoms with Crippen LogP contribution in [0.15, 0.2) is 0 Å². The van der Waals surface area contributed by atoms with Crippen molar-refractivity contribution in [2.45, 2.75) is 24.8 Å². The van der Waals surface area contributed by atoms with Crippen LogP contribution in [0.1, 0.15) is 0 Å². The Morgan fingerprint density at radius 3 is 2.33 bits per heavy atom. The highest BCUT2D eigenvalue weighted by molar-refractivity contribution is 4.72. The van der Waals surface area contributed by atoms with Gasteiger partial charge in [-0.2, -0.15) is 0 Å². The highest BCUT2D eigenvalue weighted by Gasteiger charge is 2.37. The van der Waals surface area contributed by atoms with Gasteiger partial charge in [0.2, 0.25) is 0 Å². The number of hydrogen-bond acceptors (Lipinski definition) is 6. The number of aliphatic hydroxyl groups excluding tert-OH is 4. The lowest BCUT2D eigenvalue weighted by Gasteiger charge is -2.13. The first-order valence-electron chi connectivity index (χ1n) is 3.57. The molecule has 0 aliphatic carbocycles. The standard InChI is InChI=1S/C6H12O6/c7-1-3(9)6-11-4(2-8)5(10)12-6/h3-10H,1-2H2. The van der Waals surface area contributed by atoms with Crippen molar-refractivity contribution in [2.24, 2.45) is 0 Å². The van der Waals surface area contributed by atoms with Gasteiger partial charge in [-0.15, -0.1) is 0 Å². The van der Waals surface area contributed by atoms with Crippen molar-refractivity contribution < 1.29 is 29.9 Å². The van der Waals surface area contributed by atoms with E-state index in [0.29, 0.717) is 0 Å². The summed E-state index contributed by atoms with van der Waals surface area (Å²) in [4.78, 5) is 0. The van der Waals surface area contributed by atoms with Gasteiger partial charge in [-0.3, -0.25) is 0 Å². The molecule has 4 unspecified atom stereocenters. The van der Waals surface area contributed by atoms with Gasteiger partial charge < -0.3 is 29.9 Å². The van der Waals surface area contributed by atoms with Crippen LogP contribution < -0.4 is 0 Å². The second-order valence-corrected chi connectivity index (χ2v) is 2.50. The summed E-state index contributed by atoms with van der Waals surface area (Å²) in [7, 11) is 0. The normalized spacial score (nSPS) is 38.5. The molecule has 6 heteroatoms. The predicted molar refractivity (Wildman–Crippen MR) is 35.9 cm³/mol. The summed E-state index contributed by atoms with van der Waals surface area (Å²) < 4.78 is 9.52. The lowest BCUT2D eigenvalue weighted by Crippen LogP contribution is -2.31. The Kier molecular flexibility index (Phi) is 3.39. The van der Waals surface area contributed by atoms with Crippen molar-refractivity contribution in [3.63, 3.8) is 0 Å². The first-order chi connectivity index (χ1) is 5.69. The Morgan fingerprint density at radius 1 is 1.25 bits per heavy atom. The summed E-state index contributed by atoms with van der Waals surface area (Å²) in [6.07, 6.45) is -4.37. The van der Waals surface area contributed by atoms with E-state index in [4.69, 9.17) is 25.2 Å². The molecule has 0 spiro atoms. The van der Waals surface area contributed by atoms with Gasteiger partial charge in [0.05, 0.1) is 13.2 Å². The number of aliphatic hydroxyl groups is 4. The second kappa shape index (κ2) is 4.13. The molecule has 1 aliphatic heterocycles. The minimum atomic E-state index is -1.25. The van der Waals surface area contributed by atoms with Crippen molar-refractivity contribution in [3.05, 3.63) is 0 Å². The Labute approximate surface area is 69.0 Å². The van der Waals surface area contributed by atoms with Gasteiger partial charge >= 0.3 is 0 Å². The molecule has 6 nitrogen and oxygen atoms in total. The molecule has 1 aliphatic rings. The molecule has 1 rings (SSSR count). The van der Waals surface area contributed by atoms with Crippen LogP contribution in [0.5, 0.6) is 0 Å². The van der Waals surface area contributed by atoms with Crippen molar-refractivity contribution in [1.82, 2.24) is 0 Å². The molecule has 0 radical (unpaired) electrons. The van der Waals surface area contributed by atoms with Crippen LogP contribution in [-0.2, 0) is 9.47 Å². The molecule has 0 saturated carbocycles. The topological polar surface area (TPSA) is 99.4 Å². The van der Waals surface area contributed by atoms with E-state index in [1.54, 1.807) is 0 Å². The van der Waals surface area contributed by atoms with E-state index in [1.807, 2.05) is 0 Å². The zero-order chi connectivity index (χ0) is 9.14. The Hall–Kier alpha value is -0.240. The summed E-state index contributed by atoms with van der Waals surface area (Å²) in [5.41, 5.74) is 0. The fraction of sp³-hybridized carbons (Fsp3) is 1.00. The highest BCUT2D eigenvalue weighted by atomic mass is 16.8. The maximum atomic E-state index is 9.00. The molecule has 1 heterocycles. The quantitative estimate of drug-likeness (QED) is 0.380. The molecule has 1 saturated heterocycles. The third-order valence-corrected chi connectivity index (χ3v) is 1.58. The molecule has 0 bridgehead atoms. The van der Waals surface area contributed by atoms with Crippen LogP contribution in [0, 0.1) is 0 Å². The predicted octanol–water partition coefficient (Wildman–Crippen LogP) is -2.61. The fourth-order valence-corrected chi connectivity index (χ4v) is 0.897. The van der Waals surface area contributed by atoms with Gasteiger partial charge in [-0.25, -0.2) is 0 Å². The fourth-order valence-electron chi connectivity index (χ4n) is 0.897. The summed E-state index contributed by atoms with van der Waals surface area (Å²) in [5, 5.41) is 35.1. The van der Waals surface area contributed by atoms with Crippen molar-refractivity contribution in [2.75, 3.05) is 13.2 Å². The Morgan fingerprint density at radius 2 is 1.92 bits per heavy atom. The zero-order valence-corrected chi connectivity index (χ0v) is 6.33. The van der Waals surface area contributed by atoms with Crippen LogP contribution in [0.25, 0.3) is 0 Å². The molecule has 4 N–H and O–H groups in total. The largest absolute Gasteiger partial charge is 0.393 e. The van der Waals surface area contributed by atoms with Crippen LogP contribution >= 0.6 is 0 Å². The summed E-state index contributed by atoms with van der Waals surface area (Å²) in [6.45, 7) is -0.911. The average Bonchev–Trinajstić information content (AvgIpc) is 2.45. The summed E-state index contributed by atoms with van der Waals surface area (Å²) in [5.74, 6) is 0. The maximum absolute atomic E-state index is 9.00. The van der Waals surface area contributed by atoms with Gasteiger partial charge in [0.1, 0.15) is 12.2 Å². The lowest BCUT2D eigenvalue weighted by atomic mass is 10.4. The van der Waals surface area contributed by atoms with Crippen LogP contribution in [0.3, 0.4) is 0 Å². The minimum Gasteiger partial charge on any atom is -0.393 e. The zero-order valence-electron chi connectivity index (χ0n) is 6.33. The average molecular weight is 180 g/mol. The van der Waals surface area contributed by atoms with Crippen LogP contribution in [0.4, 0.5) is 0 Å². The molecule has 1 fully saturated rings. The van der Waals surface area contributed by atoms with Crippen molar-refractivity contribution in [3.8, 4) is 0 Å². The molecule has 72 valence electrons. The van der Waals surface area contributed by atoms with Gasteiger partial charge in [0.15, 0.2) is 12.6 Å². The van der Waals surface area contributed by atoms with Crippen molar-refractivity contribution in [1.29, 1.82) is 0 Å². The highest BCUT2D eigenvalue weighted by Crippen LogP contribution is 2.19. The van der Waals surface area contributed by atoms with Crippen LogP contribution in [-0.4, -0.2) is 58.4 Å². The number of hydrogen-bond donors (Lipinski definition) is 4. The molecule has 4 atom stereocenters. The lowest BCUT2D eigenvalue weighted by molar-refractivity contribution is -0.170. The van der Waals surface area contributed by atoms with E-state index in [0.717, 1.165) is 0 Å². The minimum absolute atomic E-state index is 0.393. The molecule has 0 amide bonds. The molecule has 0 aromatic rings. The van der Waals surface area contributed by atoms with E-state index < -0.39 is 38.0 Å². The molecular weight excluding hydrogens is 168 g/mol. The Balaban J connectivity index is 2.42. The first-order valence-corrected chi connectivity index (χ1v) is 3.57. The SMILES string of the molecule is OCC(O)C1OC(O)C(CO)O1. The summed E-state index contributed by atoms with van der Waals surface area (Å²) in [6, 6.07) is 0. The van der Waals surface area contributed by atoms with E-state index >= 15 is 0 Å². The smallest absolute Gasteiger partial charge is 0.189 e. The Bertz CT molecular complexity index is 140. The first kappa shape index (κ1) is 9.85. The van der Waals surface area contributed by atoms with Gasteiger partial charge in [-0.1, -0.05) is 0 Å². The van der Waals surface area contributed by atoms with Crippen molar-refractivity contribution >= 4 is 0 Å².